The number of benzene rings is 2. The Balaban J connectivity index is 1.56. The van der Waals surface area contributed by atoms with Crippen molar-refractivity contribution < 1.29 is 13.9 Å². The molecule has 1 N–H and O–H groups in total. The standard InChI is InChI=1S/C22H23FN2O2S/c1-14(2)19-9-4-15(3)10-20(19)27-13-21(26)25-22-24-12-18(28-22)11-16-5-7-17(23)8-6-16/h4-10,12,14H,11,13H2,1-3H3,(H,24,25,26). The summed E-state index contributed by atoms with van der Waals surface area (Å²) < 4.78 is 18.7. The number of nitrogens with one attached hydrogen (secondary N) is 1. The number of hydrogen-bond donors (Lipinski definition) is 1. The highest BCUT2D eigenvalue weighted by Gasteiger charge is 2.12. The average Bonchev–Trinajstić information content (AvgIpc) is 3.08. The number of ether oxygens (including phenoxy) is 1. The molecule has 0 atom stereocenters. The summed E-state index contributed by atoms with van der Waals surface area (Å²) in [6, 6.07) is 12.4. The van der Waals surface area contributed by atoms with Crippen LogP contribution in [0.1, 0.15) is 41.3 Å². The highest BCUT2D eigenvalue weighted by molar-refractivity contribution is 7.15. The monoisotopic (exact) mass is 398 g/mol. The smallest absolute Gasteiger partial charge is 0.264 e. The van der Waals surface area contributed by atoms with Gasteiger partial charge < -0.3 is 4.74 Å². The molecular weight excluding hydrogens is 375 g/mol. The summed E-state index contributed by atoms with van der Waals surface area (Å²) in [7, 11) is 0. The molecule has 146 valence electrons. The van der Waals surface area contributed by atoms with E-state index in [0.29, 0.717) is 17.5 Å². The first-order valence-corrected chi connectivity index (χ1v) is 9.94. The summed E-state index contributed by atoms with van der Waals surface area (Å²) in [6.45, 7) is 6.11. The third kappa shape index (κ3) is 5.39. The van der Waals surface area contributed by atoms with E-state index in [9.17, 15) is 9.18 Å². The molecule has 0 saturated heterocycles. The number of hydrogen-bond acceptors (Lipinski definition) is 4. The summed E-state index contributed by atoms with van der Waals surface area (Å²) in [5.41, 5.74) is 3.16. The van der Waals surface area contributed by atoms with Crippen LogP contribution >= 0.6 is 11.3 Å². The molecule has 0 radical (unpaired) electrons. The third-order valence-electron chi connectivity index (χ3n) is 4.24. The van der Waals surface area contributed by atoms with E-state index in [1.807, 2.05) is 25.1 Å². The van der Waals surface area contributed by atoms with Gasteiger partial charge in [-0.25, -0.2) is 9.37 Å². The van der Waals surface area contributed by atoms with E-state index in [4.69, 9.17) is 4.74 Å². The van der Waals surface area contributed by atoms with Crippen LogP contribution < -0.4 is 10.1 Å². The Labute approximate surface area is 168 Å². The van der Waals surface area contributed by atoms with Crippen LogP contribution in [0.25, 0.3) is 0 Å². The van der Waals surface area contributed by atoms with Crippen LogP contribution in [0.4, 0.5) is 9.52 Å². The van der Waals surface area contributed by atoms with E-state index in [1.54, 1.807) is 18.3 Å². The normalized spacial score (nSPS) is 10.9. The van der Waals surface area contributed by atoms with E-state index >= 15 is 0 Å². The Morgan fingerprint density at radius 1 is 1.21 bits per heavy atom. The minimum atomic E-state index is -0.254. The van der Waals surface area contributed by atoms with Crippen molar-refractivity contribution in [2.75, 3.05) is 11.9 Å². The number of thiazole rings is 1. The van der Waals surface area contributed by atoms with Gasteiger partial charge in [-0.1, -0.05) is 38.1 Å². The second-order valence-electron chi connectivity index (χ2n) is 6.97. The maximum Gasteiger partial charge on any atom is 0.264 e. The van der Waals surface area contributed by atoms with Crippen molar-refractivity contribution in [3.8, 4) is 5.75 Å². The number of amides is 1. The third-order valence-corrected chi connectivity index (χ3v) is 5.15. The van der Waals surface area contributed by atoms with Gasteiger partial charge in [-0.15, -0.1) is 11.3 Å². The molecule has 0 spiro atoms. The molecule has 6 heteroatoms. The van der Waals surface area contributed by atoms with Crippen LogP contribution in [0.15, 0.2) is 48.7 Å². The zero-order valence-electron chi connectivity index (χ0n) is 16.2. The van der Waals surface area contributed by atoms with Crippen molar-refractivity contribution in [1.29, 1.82) is 0 Å². The quantitative estimate of drug-likeness (QED) is 0.586. The highest BCUT2D eigenvalue weighted by Crippen LogP contribution is 2.27. The molecule has 2 aromatic carbocycles. The molecule has 1 heterocycles. The zero-order valence-corrected chi connectivity index (χ0v) is 17.0. The van der Waals surface area contributed by atoms with Crippen molar-refractivity contribution in [3.05, 3.63) is 76.0 Å². The molecule has 3 aromatic rings. The van der Waals surface area contributed by atoms with Gasteiger partial charge in [0.05, 0.1) is 0 Å². The van der Waals surface area contributed by atoms with Crippen LogP contribution in [0.2, 0.25) is 0 Å². The number of aryl methyl sites for hydroxylation is 1. The molecule has 1 aromatic heterocycles. The van der Waals surface area contributed by atoms with Gasteiger partial charge in [0.25, 0.3) is 5.91 Å². The van der Waals surface area contributed by atoms with E-state index < -0.39 is 0 Å². The Kier molecular flexibility index (Phi) is 6.41. The van der Waals surface area contributed by atoms with E-state index in [1.165, 1.54) is 23.5 Å². The molecule has 0 unspecified atom stereocenters. The zero-order chi connectivity index (χ0) is 20.1. The maximum absolute atomic E-state index is 13.0. The highest BCUT2D eigenvalue weighted by atomic mass is 32.1. The van der Waals surface area contributed by atoms with Crippen molar-refractivity contribution >= 4 is 22.4 Å². The molecule has 3 rings (SSSR count). The summed E-state index contributed by atoms with van der Waals surface area (Å²) in [6.07, 6.45) is 2.37. The molecule has 4 nitrogen and oxygen atoms in total. The Morgan fingerprint density at radius 2 is 1.96 bits per heavy atom. The fourth-order valence-electron chi connectivity index (χ4n) is 2.79. The van der Waals surface area contributed by atoms with Gasteiger partial charge in [0.15, 0.2) is 11.7 Å². The van der Waals surface area contributed by atoms with Crippen molar-refractivity contribution in [3.63, 3.8) is 0 Å². The van der Waals surface area contributed by atoms with Gasteiger partial charge in [0.1, 0.15) is 11.6 Å². The number of halogens is 1. The van der Waals surface area contributed by atoms with Crippen LogP contribution in [0.3, 0.4) is 0 Å². The Bertz CT molecular complexity index is 951. The fourth-order valence-corrected chi connectivity index (χ4v) is 3.66. The minimum absolute atomic E-state index is 0.0734. The van der Waals surface area contributed by atoms with Crippen molar-refractivity contribution in [2.45, 2.75) is 33.1 Å². The van der Waals surface area contributed by atoms with Gasteiger partial charge in [-0.3, -0.25) is 10.1 Å². The second kappa shape index (κ2) is 8.97. The number of anilines is 1. The van der Waals surface area contributed by atoms with Crippen LogP contribution in [-0.4, -0.2) is 17.5 Å². The van der Waals surface area contributed by atoms with E-state index in [2.05, 4.69) is 24.1 Å². The Morgan fingerprint density at radius 3 is 2.68 bits per heavy atom. The number of aromatic nitrogens is 1. The average molecular weight is 399 g/mol. The number of nitrogens with zero attached hydrogens (tertiary/aromatic N) is 1. The topological polar surface area (TPSA) is 51.2 Å². The van der Waals surface area contributed by atoms with Crippen LogP contribution in [0, 0.1) is 12.7 Å². The second-order valence-corrected chi connectivity index (χ2v) is 8.08. The van der Waals surface area contributed by atoms with Gasteiger partial charge in [-0.2, -0.15) is 0 Å². The largest absolute Gasteiger partial charge is 0.483 e. The van der Waals surface area contributed by atoms with Gasteiger partial charge in [0, 0.05) is 17.5 Å². The Hall–Kier alpha value is -2.73. The first-order valence-electron chi connectivity index (χ1n) is 9.13. The molecule has 0 bridgehead atoms. The maximum atomic E-state index is 13.0. The van der Waals surface area contributed by atoms with E-state index in [-0.39, 0.29) is 18.3 Å². The first kappa shape index (κ1) is 20.0. The molecule has 28 heavy (non-hydrogen) atoms. The molecule has 0 aliphatic rings. The molecular formula is C22H23FN2O2S. The lowest BCUT2D eigenvalue weighted by atomic mass is 10.0. The lowest BCUT2D eigenvalue weighted by molar-refractivity contribution is -0.118. The summed E-state index contributed by atoms with van der Waals surface area (Å²) in [4.78, 5) is 17.5. The van der Waals surface area contributed by atoms with Crippen molar-refractivity contribution in [2.24, 2.45) is 0 Å². The first-order chi connectivity index (χ1) is 13.4. The lowest BCUT2D eigenvalue weighted by Crippen LogP contribution is -2.20. The van der Waals surface area contributed by atoms with Crippen molar-refractivity contribution in [1.82, 2.24) is 4.98 Å². The van der Waals surface area contributed by atoms with Gasteiger partial charge >= 0.3 is 0 Å². The fraction of sp³-hybridized carbons (Fsp3) is 0.273. The van der Waals surface area contributed by atoms with Crippen LogP contribution in [-0.2, 0) is 11.2 Å². The predicted molar refractivity (Wildman–Crippen MR) is 111 cm³/mol. The molecule has 0 saturated carbocycles. The van der Waals surface area contributed by atoms with Gasteiger partial charge in [-0.05, 0) is 47.7 Å². The summed E-state index contributed by atoms with van der Waals surface area (Å²) in [5, 5.41) is 3.30. The molecule has 0 fully saturated rings. The summed E-state index contributed by atoms with van der Waals surface area (Å²) in [5.74, 6) is 0.544. The minimum Gasteiger partial charge on any atom is -0.483 e. The number of carbonyl (C=O) groups excluding carboxylic acids is 1. The number of carbonyl (C=O) groups is 1. The molecule has 0 aliphatic carbocycles. The van der Waals surface area contributed by atoms with Crippen LogP contribution in [0.5, 0.6) is 5.75 Å². The number of rotatable bonds is 7. The predicted octanol–water partition coefficient (Wildman–Crippen LogP) is 5.32. The van der Waals surface area contributed by atoms with Gasteiger partial charge in [0.2, 0.25) is 0 Å². The van der Waals surface area contributed by atoms with E-state index in [0.717, 1.165) is 27.3 Å². The summed E-state index contributed by atoms with van der Waals surface area (Å²) >= 11 is 1.40. The molecule has 1 amide bonds. The SMILES string of the molecule is Cc1ccc(C(C)C)c(OCC(=O)Nc2ncc(Cc3ccc(F)cc3)s2)c1. The molecule has 0 aliphatic heterocycles. The lowest BCUT2D eigenvalue weighted by Gasteiger charge is -2.14.